The highest BCUT2D eigenvalue weighted by Gasteiger charge is 2.26. The Morgan fingerprint density at radius 1 is 1.39 bits per heavy atom. The Morgan fingerprint density at radius 3 is 3.09 bits per heavy atom. The van der Waals surface area contributed by atoms with Crippen molar-refractivity contribution < 1.29 is 0 Å². The fourth-order valence-corrected chi connectivity index (χ4v) is 3.05. The molecule has 2 aromatic rings. The summed E-state index contributed by atoms with van der Waals surface area (Å²) in [6, 6.07) is 6.87. The number of anilines is 2. The molecule has 0 unspecified atom stereocenters. The molecule has 2 aromatic heterocycles. The van der Waals surface area contributed by atoms with Crippen LogP contribution in [0.5, 0.6) is 0 Å². The van der Waals surface area contributed by atoms with Gasteiger partial charge >= 0.3 is 0 Å². The van der Waals surface area contributed by atoms with Crippen molar-refractivity contribution in [2.75, 3.05) is 30.4 Å². The monoisotopic (exact) mass is 312 g/mol. The molecule has 0 amide bonds. The minimum absolute atomic E-state index is 0.296. The van der Waals surface area contributed by atoms with Crippen LogP contribution >= 0.6 is 0 Å². The van der Waals surface area contributed by atoms with E-state index in [-0.39, 0.29) is 0 Å². The molecule has 0 spiro atoms. The zero-order valence-electron chi connectivity index (χ0n) is 13.7. The van der Waals surface area contributed by atoms with Crippen molar-refractivity contribution in [2.24, 2.45) is 0 Å². The summed E-state index contributed by atoms with van der Waals surface area (Å²) < 4.78 is 0. The maximum atomic E-state index is 4.44. The summed E-state index contributed by atoms with van der Waals surface area (Å²) in [4.78, 5) is 15.2. The summed E-state index contributed by atoms with van der Waals surface area (Å²) in [5.41, 5.74) is 1.22. The molecule has 0 bridgehead atoms. The van der Waals surface area contributed by atoms with Crippen LogP contribution in [0.3, 0.4) is 0 Å². The molecule has 0 radical (unpaired) electrons. The van der Waals surface area contributed by atoms with E-state index in [0.29, 0.717) is 12.1 Å². The number of hydrogen-bond acceptors (Lipinski definition) is 6. The van der Waals surface area contributed by atoms with Gasteiger partial charge in [0.15, 0.2) is 0 Å². The highest BCUT2D eigenvalue weighted by atomic mass is 15.3. The third-order valence-corrected chi connectivity index (χ3v) is 4.42. The molecule has 122 valence electrons. The highest BCUT2D eigenvalue weighted by molar-refractivity contribution is 5.49. The first-order valence-electron chi connectivity index (χ1n) is 8.17. The molecule has 2 atom stereocenters. The van der Waals surface area contributed by atoms with E-state index in [0.717, 1.165) is 24.7 Å². The van der Waals surface area contributed by atoms with Crippen molar-refractivity contribution in [3.8, 4) is 0 Å². The fourth-order valence-electron chi connectivity index (χ4n) is 3.05. The third kappa shape index (κ3) is 3.76. The molecular weight excluding hydrogens is 288 g/mol. The molecule has 0 aromatic carbocycles. The molecule has 3 heterocycles. The van der Waals surface area contributed by atoms with Gasteiger partial charge in [-0.2, -0.15) is 0 Å². The average molecular weight is 312 g/mol. The number of pyridine rings is 1. The summed E-state index contributed by atoms with van der Waals surface area (Å²) in [6.45, 7) is 4.17. The molecule has 1 aliphatic heterocycles. The number of hydrogen-bond donors (Lipinski definition) is 2. The van der Waals surface area contributed by atoms with Crippen LogP contribution in [0.2, 0.25) is 0 Å². The van der Waals surface area contributed by atoms with E-state index in [1.807, 2.05) is 31.6 Å². The van der Waals surface area contributed by atoms with Crippen LogP contribution in [-0.4, -0.2) is 41.1 Å². The minimum Gasteiger partial charge on any atom is -0.373 e. The standard InChI is InChI=1S/C17H24N6/c1-13(14-5-3-7-19-10-14)20-11-15-6-4-8-23(15)17-9-16(18-2)21-12-22-17/h3,5,7,9-10,12-13,15,20H,4,6,8,11H2,1-2H3,(H,18,21,22)/t13-,15+/m0/s1. The van der Waals surface area contributed by atoms with Crippen molar-refractivity contribution in [1.82, 2.24) is 20.3 Å². The zero-order chi connectivity index (χ0) is 16.1. The summed E-state index contributed by atoms with van der Waals surface area (Å²) in [5.74, 6) is 1.86. The van der Waals surface area contributed by atoms with E-state index in [2.05, 4.69) is 43.5 Å². The molecule has 6 nitrogen and oxygen atoms in total. The van der Waals surface area contributed by atoms with Gasteiger partial charge in [0.05, 0.1) is 0 Å². The molecule has 0 saturated carbocycles. The number of nitrogens with zero attached hydrogens (tertiary/aromatic N) is 4. The van der Waals surface area contributed by atoms with E-state index >= 15 is 0 Å². The first-order chi connectivity index (χ1) is 11.3. The third-order valence-electron chi connectivity index (χ3n) is 4.42. The quantitative estimate of drug-likeness (QED) is 0.853. The van der Waals surface area contributed by atoms with E-state index in [1.54, 1.807) is 6.33 Å². The molecular formula is C17H24N6. The molecule has 2 N–H and O–H groups in total. The van der Waals surface area contributed by atoms with Gasteiger partial charge < -0.3 is 15.5 Å². The largest absolute Gasteiger partial charge is 0.373 e. The van der Waals surface area contributed by atoms with Crippen molar-refractivity contribution >= 4 is 11.6 Å². The van der Waals surface area contributed by atoms with Crippen LogP contribution in [-0.2, 0) is 0 Å². The summed E-state index contributed by atoms with van der Waals surface area (Å²) in [6.07, 6.45) is 7.75. The molecule has 0 aliphatic carbocycles. The molecule has 6 heteroatoms. The van der Waals surface area contributed by atoms with Crippen LogP contribution in [0, 0.1) is 0 Å². The Morgan fingerprint density at radius 2 is 2.30 bits per heavy atom. The Labute approximate surface area is 137 Å². The van der Waals surface area contributed by atoms with Gasteiger partial charge in [0.1, 0.15) is 18.0 Å². The lowest BCUT2D eigenvalue weighted by Crippen LogP contribution is -2.39. The smallest absolute Gasteiger partial charge is 0.134 e. The molecule has 23 heavy (non-hydrogen) atoms. The second kappa shape index (κ2) is 7.37. The Hall–Kier alpha value is -2.21. The molecule has 1 fully saturated rings. The predicted molar refractivity (Wildman–Crippen MR) is 92.6 cm³/mol. The topological polar surface area (TPSA) is 66.0 Å². The molecule has 1 aliphatic rings. The van der Waals surface area contributed by atoms with Gasteiger partial charge in [0.25, 0.3) is 0 Å². The van der Waals surface area contributed by atoms with E-state index < -0.39 is 0 Å². The van der Waals surface area contributed by atoms with Crippen molar-refractivity contribution in [3.63, 3.8) is 0 Å². The number of aromatic nitrogens is 3. The van der Waals surface area contributed by atoms with Gasteiger partial charge in [-0.05, 0) is 31.4 Å². The van der Waals surface area contributed by atoms with E-state index in [9.17, 15) is 0 Å². The van der Waals surface area contributed by atoms with Crippen LogP contribution in [0.1, 0.15) is 31.4 Å². The van der Waals surface area contributed by atoms with Crippen LogP contribution in [0.25, 0.3) is 0 Å². The highest BCUT2D eigenvalue weighted by Crippen LogP contribution is 2.25. The number of rotatable bonds is 6. The SMILES string of the molecule is CNc1cc(N2CCC[C@@H]2CN[C@@H](C)c2cccnc2)ncn1. The fraction of sp³-hybridized carbons (Fsp3) is 0.471. The molecule has 3 rings (SSSR count). The second-order valence-corrected chi connectivity index (χ2v) is 5.92. The van der Waals surface area contributed by atoms with Crippen molar-refractivity contribution in [2.45, 2.75) is 31.8 Å². The first-order valence-corrected chi connectivity index (χ1v) is 8.17. The van der Waals surface area contributed by atoms with Gasteiger partial charge in [-0.1, -0.05) is 6.07 Å². The normalized spacial score (nSPS) is 18.9. The van der Waals surface area contributed by atoms with Gasteiger partial charge in [-0.25, -0.2) is 9.97 Å². The lowest BCUT2D eigenvalue weighted by molar-refractivity contribution is 0.512. The van der Waals surface area contributed by atoms with Crippen molar-refractivity contribution in [1.29, 1.82) is 0 Å². The van der Waals surface area contributed by atoms with Crippen LogP contribution in [0.4, 0.5) is 11.6 Å². The van der Waals surface area contributed by atoms with Crippen LogP contribution < -0.4 is 15.5 Å². The summed E-state index contributed by atoms with van der Waals surface area (Å²) in [5, 5.41) is 6.71. The number of nitrogens with one attached hydrogen (secondary N) is 2. The van der Waals surface area contributed by atoms with E-state index in [1.165, 1.54) is 18.4 Å². The van der Waals surface area contributed by atoms with Crippen LogP contribution in [0.15, 0.2) is 36.9 Å². The van der Waals surface area contributed by atoms with Gasteiger partial charge in [-0.15, -0.1) is 0 Å². The first kappa shape index (κ1) is 15.7. The van der Waals surface area contributed by atoms with Crippen molar-refractivity contribution in [3.05, 3.63) is 42.5 Å². The predicted octanol–water partition coefficient (Wildman–Crippen LogP) is 2.23. The Balaban J connectivity index is 1.63. The van der Waals surface area contributed by atoms with Gasteiger partial charge in [0.2, 0.25) is 0 Å². The molecule has 1 saturated heterocycles. The maximum Gasteiger partial charge on any atom is 0.134 e. The van der Waals surface area contributed by atoms with Gasteiger partial charge in [-0.3, -0.25) is 4.98 Å². The lowest BCUT2D eigenvalue weighted by Gasteiger charge is -2.27. The summed E-state index contributed by atoms with van der Waals surface area (Å²) >= 11 is 0. The minimum atomic E-state index is 0.296. The summed E-state index contributed by atoms with van der Waals surface area (Å²) in [7, 11) is 1.88. The zero-order valence-corrected chi connectivity index (χ0v) is 13.7. The lowest BCUT2D eigenvalue weighted by atomic mass is 10.1. The van der Waals surface area contributed by atoms with E-state index in [4.69, 9.17) is 0 Å². The Kier molecular flexibility index (Phi) is 5.02. The Bertz CT molecular complexity index is 617. The maximum absolute atomic E-state index is 4.44. The second-order valence-electron chi connectivity index (χ2n) is 5.92. The van der Waals surface area contributed by atoms with Gasteiger partial charge in [0, 0.05) is 50.7 Å². The average Bonchev–Trinajstić information content (AvgIpc) is 3.09.